The molecule has 8 heteroatoms. The van der Waals surface area contributed by atoms with Gasteiger partial charge in [-0.25, -0.2) is 8.42 Å². The quantitative estimate of drug-likeness (QED) is 0.328. The van der Waals surface area contributed by atoms with E-state index < -0.39 is 21.5 Å². The highest BCUT2D eigenvalue weighted by Gasteiger charge is 2.39. The fraction of sp³-hybridized carbons (Fsp3) is 0.0952. The molecule has 0 saturated carbocycles. The van der Waals surface area contributed by atoms with Gasteiger partial charge in [-0.2, -0.15) is 4.72 Å². The number of aromatic hydroxyl groups is 1. The molecular weight excluding hydrogens is 394 g/mol. The Kier molecular flexibility index (Phi) is 5.69. The highest BCUT2D eigenvalue weighted by Crippen LogP contribution is 2.29. The molecule has 0 fully saturated rings. The van der Waals surface area contributed by atoms with E-state index in [0.29, 0.717) is 11.1 Å². The van der Waals surface area contributed by atoms with E-state index >= 15 is 0 Å². The van der Waals surface area contributed by atoms with Gasteiger partial charge in [-0.15, -0.1) is 0 Å². The van der Waals surface area contributed by atoms with Crippen molar-refractivity contribution >= 4 is 15.8 Å². The second kappa shape index (κ2) is 8.04. The van der Waals surface area contributed by atoms with Crippen molar-refractivity contribution in [2.24, 2.45) is 0 Å². The summed E-state index contributed by atoms with van der Waals surface area (Å²) in [4.78, 5) is 11.9. The van der Waals surface area contributed by atoms with Crippen LogP contribution < -0.4 is 4.72 Å². The van der Waals surface area contributed by atoms with Gasteiger partial charge >= 0.3 is 0 Å². The fourth-order valence-electron chi connectivity index (χ4n) is 2.78. The lowest BCUT2D eigenvalue weighted by Crippen LogP contribution is -2.50. The summed E-state index contributed by atoms with van der Waals surface area (Å²) >= 11 is 0. The van der Waals surface area contributed by atoms with Gasteiger partial charge in [0.1, 0.15) is 11.5 Å². The zero-order valence-electron chi connectivity index (χ0n) is 15.2. The molecule has 150 valence electrons. The molecular formula is C21H19NO6S. The highest BCUT2D eigenvalue weighted by atomic mass is 32.2. The minimum absolute atomic E-state index is 0.255. The van der Waals surface area contributed by atoms with Gasteiger partial charge in [0.25, 0.3) is 0 Å². The number of carbonyl (C=O) groups excluding carboxylic acids is 1. The van der Waals surface area contributed by atoms with E-state index in [0.717, 1.165) is 12.1 Å². The largest absolute Gasteiger partial charge is 0.508 e. The van der Waals surface area contributed by atoms with Crippen molar-refractivity contribution in [2.75, 3.05) is 0 Å². The molecule has 0 heterocycles. The first-order valence-electron chi connectivity index (χ1n) is 8.63. The number of carbonyl (C=O) groups is 1. The number of sulfonamides is 1. The summed E-state index contributed by atoms with van der Waals surface area (Å²) in [7, 11) is -4.25. The van der Waals surface area contributed by atoms with Crippen molar-refractivity contribution in [2.45, 2.75) is 17.0 Å². The molecule has 1 aliphatic rings. The normalized spacial score (nSPS) is 19.6. The molecule has 2 aromatic rings. The lowest BCUT2D eigenvalue weighted by Gasteiger charge is -2.30. The van der Waals surface area contributed by atoms with Crippen LogP contribution in [0.15, 0.2) is 95.1 Å². The number of benzene rings is 2. The fourth-order valence-corrected chi connectivity index (χ4v) is 4.06. The van der Waals surface area contributed by atoms with Crippen molar-refractivity contribution in [3.05, 3.63) is 95.8 Å². The molecule has 0 saturated heterocycles. The molecule has 1 atom stereocenters. The summed E-state index contributed by atoms with van der Waals surface area (Å²) in [6.45, 7) is 0. The number of hydrogen-bond donors (Lipinski definition) is 4. The van der Waals surface area contributed by atoms with E-state index in [9.17, 15) is 28.5 Å². The van der Waals surface area contributed by atoms with Crippen molar-refractivity contribution in [1.29, 1.82) is 0 Å². The SMILES string of the molecule is O=C(C=CC1=CC=C(O)C(O)(NS(=O)(=O)c2cccc(O)c2)C1)c1ccccc1. The molecule has 1 unspecified atom stereocenters. The number of aliphatic hydroxyl groups excluding tert-OH is 1. The molecule has 1 aliphatic carbocycles. The Morgan fingerprint density at radius 2 is 1.76 bits per heavy atom. The van der Waals surface area contributed by atoms with E-state index in [-0.39, 0.29) is 22.8 Å². The molecule has 0 aromatic heterocycles. The van der Waals surface area contributed by atoms with Crippen LogP contribution in [0.25, 0.3) is 0 Å². The summed E-state index contributed by atoms with van der Waals surface area (Å²) in [6, 6.07) is 13.5. The molecule has 7 nitrogen and oxygen atoms in total. The van der Waals surface area contributed by atoms with Crippen LogP contribution in [0.1, 0.15) is 16.8 Å². The van der Waals surface area contributed by atoms with Crippen LogP contribution in [0.4, 0.5) is 0 Å². The van der Waals surface area contributed by atoms with Gasteiger partial charge < -0.3 is 15.3 Å². The average molecular weight is 413 g/mol. The van der Waals surface area contributed by atoms with Gasteiger partial charge in [0.2, 0.25) is 10.0 Å². The second-order valence-corrected chi connectivity index (χ2v) is 8.18. The van der Waals surface area contributed by atoms with Crippen LogP contribution in [-0.4, -0.2) is 35.2 Å². The van der Waals surface area contributed by atoms with Crippen LogP contribution in [-0.2, 0) is 10.0 Å². The average Bonchev–Trinajstić information content (AvgIpc) is 2.69. The molecule has 2 aromatic carbocycles. The predicted octanol–water partition coefficient (Wildman–Crippen LogP) is 2.57. The maximum absolute atomic E-state index is 12.5. The van der Waals surface area contributed by atoms with Crippen LogP contribution in [0, 0.1) is 0 Å². The van der Waals surface area contributed by atoms with Crippen LogP contribution in [0.2, 0.25) is 0 Å². The number of allylic oxidation sites excluding steroid dienone is 4. The standard InChI is InChI=1S/C21H19NO6S/c23-17-7-4-8-18(13-17)29(27,28)22-21(26)14-15(10-12-20(21)25)9-11-19(24)16-5-2-1-3-6-16/h1-13,22-23,25-26H,14H2. The van der Waals surface area contributed by atoms with E-state index in [4.69, 9.17) is 0 Å². The highest BCUT2D eigenvalue weighted by molar-refractivity contribution is 7.89. The van der Waals surface area contributed by atoms with Crippen molar-refractivity contribution in [3.8, 4) is 5.75 Å². The molecule has 0 aliphatic heterocycles. The molecule has 0 bridgehead atoms. The summed E-state index contributed by atoms with van der Waals surface area (Å²) in [5, 5.41) is 30.3. The number of hydrogen-bond acceptors (Lipinski definition) is 6. The Labute approximate surface area is 168 Å². The molecule has 4 N–H and O–H groups in total. The third kappa shape index (κ3) is 4.80. The van der Waals surface area contributed by atoms with Crippen LogP contribution in [0.5, 0.6) is 5.75 Å². The smallest absolute Gasteiger partial charge is 0.243 e. The van der Waals surface area contributed by atoms with E-state index in [2.05, 4.69) is 4.72 Å². The van der Waals surface area contributed by atoms with Gasteiger partial charge in [0.15, 0.2) is 11.5 Å². The Balaban J connectivity index is 1.79. The van der Waals surface area contributed by atoms with Gasteiger partial charge in [-0.1, -0.05) is 48.6 Å². The van der Waals surface area contributed by atoms with Crippen molar-refractivity contribution in [1.82, 2.24) is 4.72 Å². The Morgan fingerprint density at radius 3 is 2.45 bits per heavy atom. The Morgan fingerprint density at radius 1 is 1.03 bits per heavy atom. The van der Waals surface area contributed by atoms with Gasteiger partial charge in [-0.05, 0) is 35.9 Å². The molecule has 29 heavy (non-hydrogen) atoms. The van der Waals surface area contributed by atoms with Crippen molar-refractivity contribution in [3.63, 3.8) is 0 Å². The lowest BCUT2D eigenvalue weighted by atomic mass is 9.95. The molecule has 3 rings (SSSR count). The zero-order chi connectivity index (χ0) is 21.1. The third-order valence-electron chi connectivity index (χ3n) is 4.28. The molecule has 0 radical (unpaired) electrons. The minimum atomic E-state index is -4.25. The third-order valence-corrected chi connectivity index (χ3v) is 5.76. The van der Waals surface area contributed by atoms with E-state index in [1.54, 1.807) is 30.3 Å². The first-order chi connectivity index (χ1) is 13.7. The number of aliphatic hydroxyl groups is 2. The minimum Gasteiger partial charge on any atom is -0.508 e. The maximum atomic E-state index is 12.5. The van der Waals surface area contributed by atoms with Gasteiger partial charge in [-0.3, -0.25) is 4.79 Å². The van der Waals surface area contributed by atoms with Gasteiger partial charge in [0.05, 0.1) is 4.90 Å². The lowest BCUT2D eigenvalue weighted by molar-refractivity contribution is 0.0241. The van der Waals surface area contributed by atoms with E-state index in [1.807, 2.05) is 0 Å². The van der Waals surface area contributed by atoms with Crippen LogP contribution in [0.3, 0.4) is 0 Å². The number of phenolic OH excluding ortho intramolecular Hbond substituents is 1. The predicted molar refractivity (Wildman–Crippen MR) is 107 cm³/mol. The first-order valence-corrected chi connectivity index (χ1v) is 10.1. The summed E-state index contributed by atoms with van der Waals surface area (Å²) < 4.78 is 27.2. The second-order valence-electron chi connectivity index (χ2n) is 6.50. The molecule has 0 spiro atoms. The Hall–Kier alpha value is -3.20. The summed E-state index contributed by atoms with van der Waals surface area (Å²) in [5.41, 5.74) is -1.39. The van der Waals surface area contributed by atoms with Crippen molar-refractivity contribution < 1.29 is 28.5 Å². The maximum Gasteiger partial charge on any atom is 0.243 e. The summed E-state index contributed by atoms with van der Waals surface area (Å²) in [6.07, 6.45) is 5.09. The number of nitrogens with one attached hydrogen (secondary N) is 1. The summed E-state index contributed by atoms with van der Waals surface area (Å²) in [5.74, 6) is -1.10. The van der Waals surface area contributed by atoms with Crippen LogP contribution >= 0.6 is 0 Å². The molecule has 0 amide bonds. The monoisotopic (exact) mass is 413 g/mol. The first kappa shape index (κ1) is 20.5. The number of phenols is 1. The van der Waals surface area contributed by atoms with E-state index in [1.165, 1.54) is 36.4 Å². The number of ketones is 1. The Bertz CT molecular complexity index is 1120. The topological polar surface area (TPSA) is 124 Å². The number of rotatable bonds is 6. The zero-order valence-corrected chi connectivity index (χ0v) is 16.0. The van der Waals surface area contributed by atoms with Gasteiger partial charge in [0, 0.05) is 12.0 Å².